The van der Waals surface area contributed by atoms with Crippen LogP contribution in [0.4, 0.5) is 0 Å². The second-order valence-corrected chi connectivity index (χ2v) is 6.06. The molecule has 3 nitrogen and oxygen atoms in total. The average Bonchev–Trinajstić information content (AvgIpc) is 3.18. The highest BCUT2D eigenvalue weighted by atomic mass is 35.5. The topological polar surface area (TPSA) is 35.5 Å². The second kappa shape index (κ2) is 7.68. The molecule has 1 heterocycles. The van der Waals surface area contributed by atoms with Crippen molar-refractivity contribution in [1.29, 1.82) is 0 Å². The number of piperazine rings is 1. The molecule has 0 bridgehead atoms. The molecule has 0 aromatic heterocycles. The number of phenols is 1. The molecule has 0 radical (unpaired) electrons. The van der Waals surface area contributed by atoms with Crippen molar-refractivity contribution in [3.8, 4) is 5.75 Å². The Bertz CT molecular complexity index is 448. The third-order valence-corrected chi connectivity index (χ3v) is 4.49. The Kier molecular flexibility index (Phi) is 6.79. The van der Waals surface area contributed by atoms with E-state index in [4.69, 9.17) is 0 Å². The molecular formula is C16H26Cl2N2O. The van der Waals surface area contributed by atoms with Gasteiger partial charge in [0.2, 0.25) is 0 Å². The van der Waals surface area contributed by atoms with Crippen molar-refractivity contribution >= 4 is 24.8 Å². The molecule has 0 amide bonds. The van der Waals surface area contributed by atoms with Crippen LogP contribution in [0.25, 0.3) is 0 Å². The number of aromatic hydroxyl groups is 1. The summed E-state index contributed by atoms with van der Waals surface area (Å²) < 4.78 is 0. The van der Waals surface area contributed by atoms with E-state index in [1.165, 1.54) is 29.5 Å². The van der Waals surface area contributed by atoms with E-state index in [1.54, 1.807) is 0 Å². The number of aryl methyl sites for hydroxylation is 2. The van der Waals surface area contributed by atoms with Crippen molar-refractivity contribution in [2.75, 3.05) is 26.2 Å². The van der Waals surface area contributed by atoms with Crippen LogP contribution in [-0.2, 0) is 0 Å². The SMILES string of the molecule is Cc1cc(O)cc(C)c1[C@@H](C1CC1)N1CCNCC1.Cl.Cl. The summed E-state index contributed by atoms with van der Waals surface area (Å²) >= 11 is 0. The summed E-state index contributed by atoms with van der Waals surface area (Å²) in [6.45, 7) is 8.75. The van der Waals surface area contributed by atoms with E-state index in [1.807, 2.05) is 12.1 Å². The summed E-state index contributed by atoms with van der Waals surface area (Å²) in [6, 6.07) is 4.39. The van der Waals surface area contributed by atoms with Crippen molar-refractivity contribution in [2.24, 2.45) is 5.92 Å². The number of hydrogen-bond donors (Lipinski definition) is 2. The van der Waals surface area contributed by atoms with Gasteiger partial charge in [-0.15, -0.1) is 24.8 Å². The van der Waals surface area contributed by atoms with Gasteiger partial charge in [-0.25, -0.2) is 0 Å². The van der Waals surface area contributed by atoms with Gasteiger partial charge in [0.25, 0.3) is 0 Å². The maximum Gasteiger partial charge on any atom is 0.116 e. The summed E-state index contributed by atoms with van der Waals surface area (Å²) in [7, 11) is 0. The van der Waals surface area contributed by atoms with Crippen LogP contribution in [-0.4, -0.2) is 36.2 Å². The molecule has 1 aromatic rings. The van der Waals surface area contributed by atoms with Crippen molar-refractivity contribution in [3.63, 3.8) is 0 Å². The third-order valence-electron chi connectivity index (χ3n) is 4.49. The lowest BCUT2D eigenvalue weighted by atomic mass is 9.91. The first-order valence-electron chi connectivity index (χ1n) is 7.41. The zero-order valence-electron chi connectivity index (χ0n) is 12.8. The van der Waals surface area contributed by atoms with Crippen LogP contribution < -0.4 is 5.32 Å². The van der Waals surface area contributed by atoms with Crippen LogP contribution in [0.15, 0.2) is 12.1 Å². The quantitative estimate of drug-likeness (QED) is 0.892. The molecule has 5 heteroatoms. The summed E-state index contributed by atoms with van der Waals surface area (Å²) in [5.41, 5.74) is 3.95. The Hall–Kier alpha value is -0.480. The van der Waals surface area contributed by atoms with Gasteiger partial charge in [-0.3, -0.25) is 4.90 Å². The minimum atomic E-state index is 0. The number of nitrogens with one attached hydrogen (secondary N) is 1. The molecule has 120 valence electrons. The zero-order chi connectivity index (χ0) is 13.4. The molecule has 0 spiro atoms. The Labute approximate surface area is 139 Å². The molecule has 1 saturated carbocycles. The van der Waals surface area contributed by atoms with Crippen LogP contribution in [0, 0.1) is 19.8 Å². The van der Waals surface area contributed by atoms with Crippen molar-refractivity contribution in [2.45, 2.75) is 32.7 Å². The van der Waals surface area contributed by atoms with Gasteiger partial charge in [-0.05, 0) is 61.4 Å². The average molecular weight is 333 g/mol. The molecular weight excluding hydrogens is 307 g/mol. The van der Waals surface area contributed by atoms with E-state index >= 15 is 0 Å². The smallest absolute Gasteiger partial charge is 0.116 e. The monoisotopic (exact) mass is 332 g/mol. The number of halogens is 2. The fourth-order valence-electron chi connectivity index (χ4n) is 3.51. The third kappa shape index (κ3) is 4.04. The lowest BCUT2D eigenvalue weighted by molar-refractivity contribution is 0.155. The normalized spacial score (nSPS) is 20.3. The minimum absolute atomic E-state index is 0. The van der Waals surface area contributed by atoms with Crippen molar-refractivity contribution in [3.05, 3.63) is 28.8 Å². The largest absolute Gasteiger partial charge is 0.508 e. The molecule has 1 aromatic carbocycles. The summed E-state index contributed by atoms with van der Waals surface area (Å²) in [5.74, 6) is 1.22. The lowest BCUT2D eigenvalue weighted by Gasteiger charge is -2.37. The maximum atomic E-state index is 9.74. The lowest BCUT2D eigenvalue weighted by Crippen LogP contribution is -2.46. The maximum absolute atomic E-state index is 9.74. The first-order valence-corrected chi connectivity index (χ1v) is 7.41. The Morgan fingerprint density at radius 2 is 1.62 bits per heavy atom. The van der Waals surface area contributed by atoms with Gasteiger partial charge >= 0.3 is 0 Å². The van der Waals surface area contributed by atoms with Gasteiger partial charge in [-0.1, -0.05) is 0 Å². The number of phenolic OH excluding ortho intramolecular Hbond substituents is 1. The summed E-state index contributed by atoms with van der Waals surface area (Å²) in [6.07, 6.45) is 2.71. The molecule has 2 N–H and O–H groups in total. The van der Waals surface area contributed by atoms with E-state index < -0.39 is 0 Å². The van der Waals surface area contributed by atoms with E-state index in [2.05, 4.69) is 24.1 Å². The summed E-state index contributed by atoms with van der Waals surface area (Å²) in [5, 5.41) is 13.2. The van der Waals surface area contributed by atoms with Gasteiger partial charge in [-0.2, -0.15) is 0 Å². The molecule has 1 aliphatic carbocycles. The van der Waals surface area contributed by atoms with Gasteiger partial charge in [0, 0.05) is 32.2 Å². The number of hydrogen-bond acceptors (Lipinski definition) is 3. The fraction of sp³-hybridized carbons (Fsp3) is 0.625. The van der Waals surface area contributed by atoms with Crippen molar-refractivity contribution in [1.82, 2.24) is 10.2 Å². The molecule has 1 aliphatic heterocycles. The Morgan fingerprint density at radius 1 is 1.10 bits per heavy atom. The van der Waals surface area contributed by atoms with Crippen LogP contribution in [0.2, 0.25) is 0 Å². The van der Waals surface area contributed by atoms with Gasteiger partial charge in [0.1, 0.15) is 5.75 Å². The first-order chi connectivity index (χ1) is 9.16. The highest BCUT2D eigenvalue weighted by molar-refractivity contribution is 5.85. The van der Waals surface area contributed by atoms with Gasteiger partial charge < -0.3 is 10.4 Å². The highest BCUT2D eigenvalue weighted by Gasteiger charge is 2.38. The van der Waals surface area contributed by atoms with Gasteiger partial charge in [0.15, 0.2) is 0 Å². The predicted octanol–water partition coefficient (Wildman–Crippen LogP) is 3.21. The van der Waals surface area contributed by atoms with E-state index in [0.717, 1.165) is 32.1 Å². The fourth-order valence-corrected chi connectivity index (χ4v) is 3.51. The molecule has 1 atom stereocenters. The van der Waals surface area contributed by atoms with E-state index in [9.17, 15) is 5.11 Å². The number of rotatable bonds is 3. The molecule has 21 heavy (non-hydrogen) atoms. The van der Waals surface area contributed by atoms with Gasteiger partial charge in [0.05, 0.1) is 0 Å². The van der Waals surface area contributed by atoms with E-state index in [0.29, 0.717) is 11.8 Å². The van der Waals surface area contributed by atoms with Crippen LogP contribution in [0.1, 0.15) is 35.6 Å². The van der Waals surface area contributed by atoms with Crippen LogP contribution in [0.5, 0.6) is 5.75 Å². The number of benzene rings is 1. The second-order valence-electron chi connectivity index (χ2n) is 6.06. The van der Waals surface area contributed by atoms with Crippen LogP contribution >= 0.6 is 24.8 Å². The molecule has 2 fully saturated rings. The number of nitrogens with zero attached hydrogens (tertiary/aromatic N) is 1. The minimum Gasteiger partial charge on any atom is -0.508 e. The Balaban J connectivity index is 0.00000110. The van der Waals surface area contributed by atoms with Crippen LogP contribution in [0.3, 0.4) is 0 Å². The molecule has 0 unspecified atom stereocenters. The molecule has 1 saturated heterocycles. The summed E-state index contributed by atoms with van der Waals surface area (Å²) in [4.78, 5) is 2.64. The highest BCUT2D eigenvalue weighted by Crippen LogP contribution is 2.46. The Morgan fingerprint density at radius 3 is 2.10 bits per heavy atom. The van der Waals surface area contributed by atoms with Crippen molar-refractivity contribution < 1.29 is 5.11 Å². The van der Waals surface area contributed by atoms with E-state index in [-0.39, 0.29) is 24.8 Å². The standard InChI is InChI=1S/C16H24N2O.2ClH/c1-11-9-14(19)10-12(2)15(11)16(13-3-4-13)18-7-5-17-6-8-18;;/h9-10,13,16-17,19H,3-8H2,1-2H3;2*1H/t16-;;/m1../s1. The molecule has 2 aliphatic rings. The first kappa shape index (κ1) is 18.6. The molecule has 3 rings (SSSR count). The predicted molar refractivity (Wildman–Crippen MR) is 92.0 cm³/mol. The zero-order valence-corrected chi connectivity index (χ0v) is 14.4.